The molecule has 8 heteroatoms. The maximum absolute atomic E-state index is 11.0. The third-order valence-electron chi connectivity index (χ3n) is 2.56. The molecule has 0 unspecified atom stereocenters. The number of nitrogens with one attached hydrogen (secondary N) is 2. The van der Waals surface area contributed by atoms with Crippen molar-refractivity contribution in [3.05, 3.63) is 16.4 Å². The van der Waals surface area contributed by atoms with Gasteiger partial charge in [-0.3, -0.25) is 10.1 Å². The largest absolute Gasteiger partial charge is 0.367 e. The highest BCUT2D eigenvalue weighted by molar-refractivity contribution is 7.98. The lowest BCUT2D eigenvalue weighted by Gasteiger charge is -2.07. The van der Waals surface area contributed by atoms with E-state index in [4.69, 9.17) is 0 Å². The minimum Gasteiger partial charge on any atom is -0.367 e. The Hall–Kier alpha value is -1.57. The summed E-state index contributed by atoms with van der Waals surface area (Å²) in [6.07, 6.45) is 6.63. The molecule has 0 aliphatic heterocycles. The van der Waals surface area contributed by atoms with Crippen LogP contribution in [0, 0.1) is 10.1 Å². The molecule has 0 radical (unpaired) electrons. The van der Waals surface area contributed by atoms with Crippen molar-refractivity contribution < 1.29 is 4.92 Å². The summed E-state index contributed by atoms with van der Waals surface area (Å²) in [6, 6.07) is 0. The van der Waals surface area contributed by atoms with Gasteiger partial charge in [-0.05, 0) is 24.9 Å². The summed E-state index contributed by atoms with van der Waals surface area (Å²) < 4.78 is 0. The fraction of sp³-hybridized carbons (Fsp3) is 0.636. The average Bonchev–Trinajstić information content (AvgIpc) is 2.42. The SMILES string of the molecule is CNc1ncnc(NCCCCCSC)c1[N+](=O)[O-]. The lowest BCUT2D eigenvalue weighted by molar-refractivity contribution is -0.383. The van der Waals surface area contributed by atoms with Gasteiger partial charge in [-0.15, -0.1) is 0 Å². The molecule has 0 bridgehead atoms. The van der Waals surface area contributed by atoms with Gasteiger partial charge in [-0.1, -0.05) is 6.42 Å². The van der Waals surface area contributed by atoms with E-state index >= 15 is 0 Å². The molecular formula is C11H19N5O2S. The molecule has 0 atom stereocenters. The number of anilines is 2. The van der Waals surface area contributed by atoms with Crippen molar-refractivity contribution in [1.82, 2.24) is 9.97 Å². The summed E-state index contributed by atoms with van der Waals surface area (Å²) in [4.78, 5) is 18.3. The van der Waals surface area contributed by atoms with Crippen LogP contribution in [-0.4, -0.2) is 40.5 Å². The monoisotopic (exact) mass is 285 g/mol. The molecule has 2 N–H and O–H groups in total. The van der Waals surface area contributed by atoms with Crippen molar-refractivity contribution in [2.45, 2.75) is 19.3 Å². The Bertz CT molecular complexity index is 416. The van der Waals surface area contributed by atoms with Crippen LogP contribution in [0.3, 0.4) is 0 Å². The second kappa shape index (κ2) is 8.52. The summed E-state index contributed by atoms with van der Waals surface area (Å²) in [7, 11) is 1.60. The smallest absolute Gasteiger partial charge is 0.353 e. The lowest BCUT2D eigenvalue weighted by atomic mass is 10.2. The van der Waals surface area contributed by atoms with Crippen LogP contribution in [0.2, 0.25) is 0 Å². The Morgan fingerprint density at radius 1 is 1.32 bits per heavy atom. The number of hydrogen-bond donors (Lipinski definition) is 2. The van der Waals surface area contributed by atoms with E-state index < -0.39 is 4.92 Å². The van der Waals surface area contributed by atoms with Crippen LogP contribution in [0.25, 0.3) is 0 Å². The minimum atomic E-state index is -0.470. The van der Waals surface area contributed by atoms with Crippen molar-refractivity contribution in [3.8, 4) is 0 Å². The van der Waals surface area contributed by atoms with Crippen LogP contribution in [0.4, 0.5) is 17.3 Å². The van der Waals surface area contributed by atoms with Crippen LogP contribution in [0.1, 0.15) is 19.3 Å². The third kappa shape index (κ3) is 4.90. The second-order valence-electron chi connectivity index (χ2n) is 3.91. The minimum absolute atomic E-state index is 0.103. The maximum Gasteiger partial charge on any atom is 0.353 e. The molecule has 0 fully saturated rings. The Morgan fingerprint density at radius 2 is 2.05 bits per heavy atom. The van der Waals surface area contributed by atoms with Crippen LogP contribution >= 0.6 is 11.8 Å². The molecule has 0 amide bonds. The van der Waals surface area contributed by atoms with Crippen molar-refractivity contribution >= 4 is 29.1 Å². The Balaban J connectivity index is 2.55. The molecular weight excluding hydrogens is 266 g/mol. The van der Waals surface area contributed by atoms with E-state index in [0.29, 0.717) is 6.54 Å². The summed E-state index contributed by atoms with van der Waals surface area (Å²) in [5.41, 5.74) is -0.103. The van der Waals surface area contributed by atoms with Gasteiger partial charge in [0.05, 0.1) is 4.92 Å². The van der Waals surface area contributed by atoms with Crippen molar-refractivity contribution in [1.29, 1.82) is 0 Å². The molecule has 0 aliphatic rings. The average molecular weight is 285 g/mol. The van der Waals surface area contributed by atoms with Crippen LogP contribution in [0.5, 0.6) is 0 Å². The van der Waals surface area contributed by atoms with E-state index in [9.17, 15) is 10.1 Å². The van der Waals surface area contributed by atoms with Gasteiger partial charge in [0.15, 0.2) is 0 Å². The predicted molar refractivity (Wildman–Crippen MR) is 79.0 cm³/mol. The van der Waals surface area contributed by atoms with Gasteiger partial charge >= 0.3 is 5.69 Å². The first-order valence-corrected chi connectivity index (χ1v) is 7.50. The van der Waals surface area contributed by atoms with Crippen LogP contribution in [0.15, 0.2) is 6.33 Å². The molecule has 1 aromatic rings. The van der Waals surface area contributed by atoms with Gasteiger partial charge in [0.1, 0.15) is 6.33 Å². The molecule has 1 rings (SSSR count). The zero-order valence-corrected chi connectivity index (χ0v) is 12.0. The van der Waals surface area contributed by atoms with Crippen LogP contribution in [-0.2, 0) is 0 Å². The zero-order valence-electron chi connectivity index (χ0n) is 11.2. The van der Waals surface area contributed by atoms with Crippen molar-refractivity contribution in [3.63, 3.8) is 0 Å². The molecule has 0 saturated heterocycles. The van der Waals surface area contributed by atoms with Gasteiger partial charge in [0.25, 0.3) is 0 Å². The number of thioether (sulfide) groups is 1. The van der Waals surface area contributed by atoms with Gasteiger partial charge in [-0.25, -0.2) is 9.97 Å². The second-order valence-corrected chi connectivity index (χ2v) is 4.89. The van der Waals surface area contributed by atoms with E-state index in [1.54, 1.807) is 7.05 Å². The number of nitrogens with zero attached hydrogens (tertiary/aromatic N) is 3. The molecule has 0 aliphatic carbocycles. The van der Waals surface area contributed by atoms with E-state index in [0.717, 1.165) is 25.0 Å². The van der Waals surface area contributed by atoms with Gasteiger partial charge < -0.3 is 10.6 Å². The summed E-state index contributed by atoms with van der Waals surface area (Å²) in [6.45, 7) is 0.676. The number of hydrogen-bond acceptors (Lipinski definition) is 7. The zero-order chi connectivity index (χ0) is 14.1. The Morgan fingerprint density at radius 3 is 2.68 bits per heavy atom. The maximum atomic E-state index is 11.0. The Labute approximate surface area is 116 Å². The molecule has 1 heterocycles. The normalized spacial score (nSPS) is 10.2. The van der Waals surface area contributed by atoms with Crippen molar-refractivity contribution in [2.24, 2.45) is 0 Å². The number of nitro groups is 1. The molecule has 106 valence electrons. The summed E-state index contributed by atoms with van der Waals surface area (Å²) >= 11 is 1.83. The number of unbranched alkanes of at least 4 members (excludes halogenated alkanes) is 2. The quantitative estimate of drug-likeness (QED) is 0.408. The molecule has 0 saturated carbocycles. The molecule has 19 heavy (non-hydrogen) atoms. The topological polar surface area (TPSA) is 93.0 Å². The standard InChI is InChI=1S/C11H19N5O2S/c1-12-10-9(16(17)18)11(15-8-14-10)13-6-4-3-5-7-19-2/h8H,3-7H2,1-2H3,(H2,12,13,14,15). The first kappa shape index (κ1) is 15.5. The van der Waals surface area contributed by atoms with Crippen molar-refractivity contribution in [2.75, 3.05) is 36.2 Å². The third-order valence-corrected chi connectivity index (χ3v) is 3.26. The Kier molecular flexibility index (Phi) is 6.94. The van der Waals surface area contributed by atoms with E-state index in [1.807, 2.05) is 11.8 Å². The van der Waals surface area contributed by atoms with Crippen LogP contribution < -0.4 is 10.6 Å². The van der Waals surface area contributed by atoms with Gasteiger partial charge in [-0.2, -0.15) is 11.8 Å². The van der Waals surface area contributed by atoms with Gasteiger partial charge in [0.2, 0.25) is 11.6 Å². The number of rotatable bonds is 9. The predicted octanol–water partition coefficient (Wildman–Crippen LogP) is 2.37. The number of aromatic nitrogens is 2. The van der Waals surface area contributed by atoms with E-state index in [1.165, 1.54) is 6.33 Å². The van der Waals surface area contributed by atoms with Gasteiger partial charge in [0, 0.05) is 13.6 Å². The fourth-order valence-electron chi connectivity index (χ4n) is 1.62. The molecule has 0 spiro atoms. The highest BCUT2D eigenvalue weighted by Gasteiger charge is 2.21. The lowest BCUT2D eigenvalue weighted by Crippen LogP contribution is -2.09. The van der Waals surface area contributed by atoms with E-state index in [-0.39, 0.29) is 17.3 Å². The summed E-state index contributed by atoms with van der Waals surface area (Å²) in [5.74, 6) is 1.65. The molecule has 1 aromatic heterocycles. The van der Waals surface area contributed by atoms with E-state index in [2.05, 4.69) is 26.9 Å². The first-order chi connectivity index (χ1) is 9.20. The fourth-order valence-corrected chi connectivity index (χ4v) is 2.11. The first-order valence-electron chi connectivity index (χ1n) is 6.10. The highest BCUT2D eigenvalue weighted by atomic mass is 32.2. The molecule has 0 aromatic carbocycles. The highest BCUT2D eigenvalue weighted by Crippen LogP contribution is 2.28. The summed E-state index contributed by atoms with van der Waals surface area (Å²) in [5, 5.41) is 16.7. The molecule has 7 nitrogen and oxygen atoms in total.